The smallest absolute Gasteiger partial charge is 0.317 e. The first-order valence-electron chi connectivity index (χ1n) is 7.59. The molecule has 0 aliphatic carbocycles. The number of morpholine rings is 1. The van der Waals surface area contributed by atoms with Gasteiger partial charge in [-0.15, -0.1) is 0 Å². The molecular weight excluding hydrogens is 284 g/mol. The predicted octanol–water partition coefficient (Wildman–Crippen LogP) is 0.569. The third-order valence-electron chi connectivity index (χ3n) is 3.59. The maximum atomic E-state index is 10.7. The molecule has 1 N–H and O–H groups in total. The summed E-state index contributed by atoms with van der Waals surface area (Å²) < 4.78 is 5.75. The molecule has 1 aliphatic rings. The molecule has 0 amide bonds. The average Bonchev–Trinajstić information content (AvgIpc) is 2.45. The van der Waals surface area contributed by atoms with E-state index in [2.05, 4.69) is 14.9 Å². The van der Waals surface area contributed by atoms with E-state index in [0.29, 0.717) is 19.7 Å². The van der Waals surface area contributed by atoms with Crippen LogP contribution in [0.3, 0.4) is 0 Å². The lowest BCUT2D eigenvalue weighted by atomic mass is 10.2. The molecule has 1 fully saturated rings. The molecule has 1 unspecified atom stereocenters. The number of likely N-dealkylation sites (N-methyl/N-ethyl adjacent to an activating group) is 1. The largest absolute Gasteiger partial charge is 0.480 e. The minimum absolute atomic E-state index is 0.0153. The van der Waals surface area contributed by atoms with Gasteiger partial charge in [-0.3, -0.25) is 9.69 Å². The fourth-order valence-corrected chi connectivity index (χ4v) is 2.61. The van der Waals surface area contributed by atoms with Crippen molar-refractivity contribution in [3.05, 3.63) is 17.6 Å². The van der Waals surface area contributed by atoms with Crippen LogP contribution >= 0.6 is 0 Å². The molecule has 0 bridgehead atoms. The van der Waals surface area contributed by atoms with Crippen LogP contribution < -0.4 is 4.90 Å². The standard InChI is InChI=1S/C15H24N4O3/c1-4-13-16-11(2)7-14(17-13)19-5-6-22-12(9-19)8-18(3)10-15(20)21/h7,12H,4-6,8-10H2,1-3H3,(H,20,21). The number of ether oxygens (including phenoxy) is 1. The van der Waals surface area contributed by atoms with Gasteiger partial charge in [0.2, 0.25) is 0 Å². The molecule has 2 rings (SSSR count). The molecule has 122 valence electrons. The monoisotopic (exact) mass is 308 g/mol. The summed E-state index contributed by atoms with van der Waals surface area (Å²) in [6.45, 7) is 6.75. The Kier molecular flexibility index (Phi) is 5.68. The Hall–Kier alpha value is -1.73. The van der Waals surface area contributed by atoms with Gasteiger partial charge in [-0.2, -0.15) is 0 Å². The quantitative estimate of drug-likeness (QED) is 0.823. The summed E-state index contributed by atoms with van der Waals surface area (Å²) in [6.07, 6.45) is 0.794. The van der Waals surface area contributed by atoms with Gasteiger partial charge in [0.25, 0.3) is 0 Å². The first-order chi connectivity index (χ1) is 10.5. The van der Waals surface area contributed by atoms with Gasteiger partial charge in [0.05, 0.1) is 19.3 Å². The van der Waals surface area contributed by atoms with Crippen LogP contribution in [0.2, 0.25) is 0 Å². The van der Waals surface area contributed by atoms with Gasteiger partial charge >= 0.3 is 5.97 Å². The summed E-state index contributed by atoms with van der Waals surface area (Å²) in [6, 6.07) is 1.99. The van der Waals surface area contributed by atoms with E-state index < -0.39 is 5.97 Å². The van der Waals surface area contributed by atoms with Crippen molar-refractivity contribution in [2.24, 2.45) is 0 Å². The van der Waals surface area contributed by atoms with E-state index in [0.717, 1.165) is 30.3 Å². The first-order valence-corrected chi connectivity index (χ1v) is 7.59. The Morgan fingerprint density at radius 2 is 2.32 bits per heavy atom. The number of aliphatic carboxylic acids is 1. The number of carboxylic acid groups (broad SMARTS) is 1. The Bertz CT molecular complexity index is 524. The molecule has 0 radical (unpaired) electrons. The molecule has 1 aliphatic heterocycles. The number of nitrogens with zero attached hydrogens (tertiary/aromatic N) is 4. The Morgan fingerprint density at radius 1 is 1.55 bits per heavy atom. The zero-order valence-corrected chi connectivity index (χ0v) is 13.4. The summed E-state index contributed by atoms with van der Waals surface area (Å²) in [5.41, 5.74) is 0.966. The molecule has 1 saturated heterocycles. The van der Waals surface area contributed by atoms with Crippen LogP contribution in [0.5, 0.6) is 0 Å². The number of hydrogen-bond acceptors (Lipinski definition) is 6. The topological polar surface area (TPSA) is 78.8 Å². The number of aromatic nitrogens is 2. The molecule has 0 spiro atoms. The highest BCUT2D eigenvalue weighted by atomic mass is 16.5. The van der Waals surface area contributed by atoms with E-state index in [-0.39, 0.29) is 12.6 Å². The Morgan fingerprint density at radius 3 is 3.00 bits per heavy atom. The number of hydrogen-bond donors (Lipinski definition) is 1. The number of anilines is 1. The fraction of sp³-hybridized carbons (Fsp3) is 0.667. The van der Waals surface area contributed by atoms with Crippen LogP contribution in [0, 0.1) is 6.92 Å². The van der Waals surface area contributed by atoms with E-state index in [9.17, 15) is 4.79 Å². The first kappa shape index (κ1) is 16.6. The highest BCUT2D eigenvalue weighted by Crippen LogP contribution is 2.17. The summed E-state index contributed by atoms with van der Waals surface area (Å²) in [5.74, 6) is 0.953. The third kappa shape index (κ3) is 4.64. The second kappa shape index (κ2) is 7.51. The van der Waals surface area contributed by atoms with Crippen molar-refractivity contribution >= 4 is 11.8 Å². The number of rotatable bonds is 6. The summed E-state index contributed by atoms with van der Waals surface area (Å²) in [5, 5.41) is 8.82. The van der Waals surface area contributed by atoms with Crippen molar-refractivity contribution in [2.45, 2.75) is 26.4 Å². The molecule has 1 aromatic heterocycles. The van der Waals surface area contributed by atoms with Crippen LogP contribution in [0.4, 0.5) is 5.82 Å². The normalized spacial score (nSPS) is 18.7. The molecule has 7 heteroatoms. The van der Waals surface area contributed by atoms with Gasteiger partial charge in [0.1, 0.15) is 11.6 Å². The zero-order chi connectivity index (χ0) is 16.1. The van der Waals surface area contributed by atoms with E-state index in [1.54, 1.807) is 11.9 Å². The summed E-state index contributed by atoms with van der Waals surface area (Å²) >= 11 is 0. The van der Waals surface area contributed by atoms with Gasteiger partial charge in [0, 0.05) is 37.8 Å². The second-order valence-electron chi connectivity index (χ2n) is 5.67. The highest BCUT2D eigenvalue weighted by molar-refractivity contribution is 5.69. The lowest BCUT2D eigenvalue weighted by Gasteiger charge is -2.35. The Balaban J connectivity index is 2.01. The van der Waals surface area contributed by atoms with E-state index in [4.69, 9.17) is 9.84 Å². The second-order valence-corrected chi connectivity index (χ2v) is 5.67. The number of carboxylic acids is 1. The van der Waals surface area contributed by atoms with E-state index >= 15 is 0 Å². The summed E-state index contributed by atoms with van der Waals surface area (Å²) in [7, 11) is 1.79. The van der Waals surface area contributed by atoms with Gasteiger partial charge in [-0.1, -0.05) is 6.92 Å². The van der Waals surface area contributed by atoms with Crippen molar-refractivity contribution in [2.75, 3.05) is 44.7 Å². The van der Waals surface area contributed by atoms with Crippen LogP contribution in [-0.4, -0.2) is 71.9 Å². The summed E-state index contributed by atoms with van der Waals surface area (Å²) in [4.78, 5) is 23.7. The van der Waals surface area contributed by atoms with Gasteiger partial charge in [0.15, 0.2) is 0 Å². The fourth-order valence-electron chi connectivity index (χ4n) is 2.61. The number of aryl methyl sites for hydroxylation is 2. The molecule has 2 heterocycles. The molecule has 1 atom stereocenters. The van der Waals surface area contributed by atoms with Crippen LogP contribution in [0.25, 0.3) is 0 Å². The van der Waals surface area contributed by atoms with Gasteiger partial charge < -0.3 is 14.7 Å². The lowest BCUT2D eigenvalue weighted by molar-refractivity contribution is -0.138. The predicted molar refractivity (Wildman–Crippen MR) is 83.2 cm³/mol. The molecule has 7 nitrogen and oxygen atoms in total. The molecule has 22 heavy (non-hydrogen) atoms. The third-order valence-corrected chi connectivity index (χ3v) is 3.59. The SMILES string of the molecule is CCc1nc(C)cc(N2CCOC(CN(C)CC(=O)O)C2)n1. The van der Waals surface area contributed by atoms with Crippen molar-refractivity contribution in [3.63, 3.8) is 0 Å². The van der Waals surface area contributed by atoms with Gasteiger partial charge in [-0.05, 0) is 14.0 Å². The minimum Gasteiger partial charge on any atom is -0.480 e. The molecule has 1 aromatic rings. The van der Waals surface area contributed by atoms with Crippen molar-refractivity contribution in [3.8, 4) is 0 Å². The van der Waals surface area contributed by atoms with Crippen molar-refractivity contribution in [1.29, 1.82) is 0 Å². The maximum Gasteiger partial charge on any atom is 0.317 e. The average molecular weight is 308 g/mol. The van der Waals surface area contributed by atoms with Crippen LogP contribution in [0.1, 0.15) is 18.4 Å². The highest BCUT2D eigenvalue weighted by Gasteiger charge is 2.23. The van der Waals surface area contributed by atoms with Crippen molar-refractivity contribution < 1.29 is 14.6 Å². The zero-order valence-electron chi connectivity index (χ0n) is 13.4. The molecule has 0 aromatic carbocycles. The minimum atomic E-state index is -0.825. The van der Waals surface area contributed by atoms with Crippen molar-refractivity contribution in [1.82, 2.24) is 14.9 Å². The maximum absolute atomic E-state index is 10.7. The molecular formula is C15H24N4O3. The van der Waals surface area contributed by atoms with E-state index in [1.165, 1.54) is 0 Å². The van der Waals surface area contributed by atoms with Crippen LogP contribution in [0.15, 0.2) is 6.07 Å². The van der Waals surface area contributed by atoms with Gasteiger partial charge in [-0.25, -0.2) is 9.97 Å². The number of carbonyl (C=O) groups is 1. The lowest BCUT2D eigenvalue weighted by Crippen LogP contribution is -2.48. The van der Waals surface area contributed by atoms with Crippen LogP contribution in [-0.2, 0) is 16.0 Å². The molecule has 0 saturated carbocycles. The van der Waals surface area contributed by atoms with E-state index in [1.807, 2.05) is 19.9 Å². The Labute approximate surface area is 130 Å².